The van der Waals surface area contributed by atoms with Crippen molar-refractivity contribution in [3.8, 4) is 5.75 Å². The molecule has 0 aromatic heterocycles. The number of benzene rings is 1. The average molecular weight is 248 g/mol. The van der Waals surface area contributed by atoms with E-state index < -0.39 is 0 Å². The van der Waals surface area contributed by atoms with E-state index in [1.54, 1.807) is 7.11 Å². The normalized spacial score (nSPS) is 16.7. The van der Waals surface area contributed by atoms with Gasteiger partial charge in [-0.05, 0) is 37.5 Å². The second-order valence-corrected chi connectivity index (χ2v) is 4.44. The Hall–Kier alpha value is -1.52. The predicted octanol–water partition coefficient (Wildman–Crippen LogP) is 2.20. The number of hydrogen-bond acceptors (Lipinski definition) is 4. The highest BCUT2D eigenvalue weighted by molar-refractivity contribution is 5.42. The van der Waals surface area contributed by atoms with E-state index in [2.05, 4.69) is 11.5 Å². The summed E-state index contributed by atoms with van der Waals surface area (Å²) in [6.07, 6.45) is 4.18. The highest BCUT2D eigenvalue weighted by Gasteiger charge is 2.21. The summed E-state index contributed by atoms with van der Waals surface area (Å²) >= 11 is 0. The number of hydrogen-bond donors (Lipinski definition) is 2. The molecule has 4 nitrogen and oxygen atoms in total. The van der Waals surface area contributed by atoms with Crippen LogP contribution in [0.25, 0.3) is 0 Å². The molecule has 1 aliphatic heterocycles. The molecule has 0 radical (unpaired) electrons. The molecule has 1 unspecified atom stereocenters. The zero-order chi connectivity index (χ0) is 13.0. The van der Waals surface area contributed by atoms with Crippen LogP contribution >= 0.6 is 0 Å². The van der Waals surface area contributed by atoms with Gasteiger partial charge in [0, 0.05) is 5.56 Å². The molecule has 0 spiro atoms. The van der Waals surface area contributed by atoms with Crippen LogP contribution in [0.5, 0.6) is 5.75 Å². The Morgan fingerprint density at radius 2 is 2.28 bits per heavy atom. The molecule has 18 heavy (non-hydrogen) atoms. The second kappa shape index (κ2) is 5.89. The first-order valence-electron chi connectivity index (χ1n) is 6.19. The molecule has 2 rings (SSSR count). The molecule has 0 aliphatic carbocycles. The Morgan fingerprint density at radius 3 is 2.89 bits per heavy atom. The lowest BCUT2D eigenvalue weighted by molar-refractivity contribution is 0.167. The zero-order valence-electron chi connectivity index (χ0n) is 10.9. The third-order valence-corrected chi connectivity index (χ3v) is 3.11. The van der Waals surface area contributed by atoms with Gasteiger partial charge in [-0.15, -0.1) is 0 Å². The molecule has 98 valence electrons. The van der Waals surface area contributed by atoms with Gasteiger partial charge >= 0.3 is 0 Å². The van der Waals surface area contributed by atoms with Gasteiger partial charge in [-0.25, -0.2) is 5.43 Å². The molecular weight excluding hydrogens is 228 g/mol. The lowest BCUT2D eigenvalue weighted by atomic mass is 10.0. The van der Waals surface area contributed by atoms with E-state index in [-0.39, 0.29) is 6.04 Å². The summed E-state index contributed by atoms with van der Waals surface area (Å²) in [6, 6.07) is 5.92. The van der Waals surface area contributed by atoms with Crippen LogP contribution in [0.3, 0.4) is 0 Å². The number of aryl methyl sites for hydroxylation is 1. The van der Waals surface area contributed by atoms with Crippen molar-refractivity contribution in [3.05, 3.63) is 41.2 Å². The average Bonchev–Trinajstić information content (AvgIpc) is 2.42. The van der Waals surface area contributed by atoms with E-state index in [4.69, 9.17) is 15.3 Å². The molecule has 0 amide bonds. The largest absolute Gasteiger partial charge is 0.496 e. The summed E-state index contributed by atoms with van der Waals surface area (Å²) in [4.78, 5) is 0. The van der Waals surface area contributed by atoms with E-state index in [0.717, 1.165) is 42.1 Å². The van der Waals surface area contributed by atoms with E-state index in [0.29, 0.717) is 0 Å². The quantitative estimate of drug-likeness (QED) is 0.633. The molecule has 1 atom stereocenters. The van der Waals surface area contributed by atoms with Crippen LogP contribution in [-0.2, 0) is 4.74 Å². The Morgan fingerprint density at radius 1 is 1.44 bits per heavy atom. The Labute approximate surface area is 108 Å². The Balaban J connectivity index is 2.34. The van der Waals surface area contributed by atoms with Crippen LogP contribution < -0.4 is 16.0 Å². The van der Waals surface area contributed by atoms with E-state index in [1.165, 1.54) is 0 Å². The lowest BCUT2D eigenvalue weighted by Crippen LogP contribution is -2.31. The highest BCUT2D eigenvalue weighted by Crippen LogP contribution is 2.32. The van der Waals surface area contributed by atoms with Crippen LogP contribution in [0.15, 0.2) is 30.0 Å². The molecule has 1 aromatic rings. The van der Waals surface area contributed by atoms with Crippen molar-refractivity contribution in [2.45, 2.75) is 25.8 Å². The SMILES string of the molecule is COc1cc(C)ccc1C(NN)C1=CCCCO1. The third-order valence-electron chi connectivity index (χ3n) is 3.11. The molecule has 1 heterocycles. The van der Waals surface area contributed by atoms with Gasteiger partial charge in [-0.2, -0.15) is 0 Å². The smallest absolute Gasteiger partial charge is 0.124 e. The maximum Gasteiger partial charge on any atom is 0.124 e. The summed E-state index contributed by atoms with van der Waals surface area (Å²) in [6.45, 7) is 2.78. The molecule has 0 saturated carbocycles. The van der Waals surface area contributed by atoms with Crippen molar-refractivity contribution in [2.75, 3.05) is 13.7 Å². The zero-order valence-corrected chi connectivity index (χ0v) is 10.9. The van der Waals surface area contributed by atoms with Gasteiger partial charge in [0.25, 0.3) is 0 Å². The number of allylic oxidation sites excluding steroid dienone is 1. The van der Waals surface area contributed by atoms with Crippen molar-refractivity contribution in [1.82, 2.24) is 5.43 Å². The van der Waals surface area contributed by atoms with Crippen LogP contribution in [0.1, 0.15) is 30.0 Å². The minimum atomic E-state index is -0.152. The van der Waals surface area contributed by atoms with Gasteiger partial charge in [0.15, 0.2) is 0 Å². The lowest BCUT2D eigenvalue weighted by Gasteiger charge is -2.25. The summed E-state index contributed by atoms with van der Waals surface area (Å²) < 4.78 is 11.1. The fraction of sp³-hybridized carbons (Fsp3) is 0.429. The molecule has 0 fully saturated rings. The van der Waals surface area contributed by atoms with Crippen molar-refractivity contribution >= 4 is 0 Å². The van der Waals surface area contributed by atoms with Crippen molar-refractivity contribution in [1.29, 1.82) is 0 Å². The van der Waals surface area contributed by atoms with Crippen molar-refractivity contribution in [2.24, 2.45) is 5.84 Å². The Kier molecular flexibility index (Phi) is 4.23. The Bertz CT molecular complexity index is 443. The summed E-state index contributed by atoms with van der Waals surface area (Å²) in [7, 11) is 1.67. The first-order valence-corrected chi connectivity index (χ1v) is 6.19. The minimum absolute atomic E-state index is 0.152. The first kappa shape index (κ1) is 12.9. The van der Waals surface area contributed by atoms with Crippen molar-refractivity contribution in [3.63, 3.8) is 0 Å². The predicted molar refractivity (Wildman–Crippen MR) is 71.1 cm³/mol. The highest BCUT2D eigenvalue weighted by atomic mass is 16.5. The summed E-state index contributed by atoms with van der Waals surface area (Å²) in [5.41, 5.74) is 4.97. The van der Waals surface area contributed by atoms with Gasteiger partial charge < -0.3 is 9.47 Å². The van der Waals surface area contributed by atoms with Crippen LogP contribution in [0, 0.1) is 6.92 Å². The number of hydrazine groups is 1. The van der Waals surface area contributed by atoms with Gasteiger partial charge in [-0.3, -0.25) is 5.84 Å². The standard InChI is InChI=1S/C14H20N2O2/c1-10-6-7-11(13(9-10)17-2)14(16-15)12-5-3-4-8-18-12/h5-7,9,14,16H,3-4,8,15H2,1-2H3. The number of nitrogens with one attached hydrogen (secondary N) is 1. The van der Waals surface area contributed by atoms with E-state index >= 15 is 0 Å². The molecule has 1 aromatic carbocycles. The monoisotopic (exact) mass is 248 g/mol. The molecule has 4 heteroatoms. The fourth-order valence-electron chi connectivity index (χ4n) is 2.16. The van der Waals surface area contributed by atoms with Gasteiger partial charge in [0.05, 0.1) is 13.7 Å². The van der Waals surface area contributed by atoms with Crippen molar-refractivity contribution < 1.29 is 9.47 Å². The molecule has 0 saturated heterocycles. The second-order valence-electron chi connectivity index (χ2n) is 4.44. The summed E-state index contributed by atoms with van der Waals surface area (Å²) in [5.74, 6) is 7.38. The van der Waals surface area contributed by atoms with Crippen LogP contribution in [0.2, 0.25) is 0 Å². The molecule has 3 N–H and O–H groups in total. The van der Waals surface area contributed by atoms with Crippen LogP contribution in [0.4, 0.5) is 0 Å². The third kappa shape index (κ3) is 2.66. The number of ether oxygens (including phenoxy) is 2. The maximum absolute atomic E-state index is 5.68. The van der Waals surface area contributed by atoms with E-state index in [9.17, 15) is 0 Å². The number of nitrogens with two attached hydrogens (primary N) is 1. The van der Waals surface area contributed by atoms with Crippen LogP contribution in [-0.4, -0.2) is 13.7 Å². The van der Waals surface area contributed by atoms with Gasteiger partial charge in [0.1, 0.15) is 17.6 Å². The molecule has 0 bridgehead atoms. The summed E-state index contributed by atoms with van der Waals surface area (Å²) in [5, 5.41) is 0. The minimum Gasteiger partial charge on any atom is -0.496 e. The van der Waals surface area contributed by atoms with E-state index in [1.807, 2.05) is 25.1 Å². The first-order chi connectivity index (χ1) is 8.76. The topological polar surface area (TPSA) is 56.5 Å². The van der Waals surface area contributed by atoms with Gasteiger partial charge in [0.2, 0.25) is 0 Å². The fourth-order valence-corrected chi connectivity index (χ4v) is 2.16. The number of methoxy groups -OCH3 is 1. The molecule has 1 aliphatic rings. The maximum atomic E-state index is 5.68. The number of rotatable bonds is 4. The molecular formula is C14H20N2O2. The van der Waals surface area contributed by atoms with Gasteiger partial charge in [-0.1, -0.05) is 12.1 Å².